The number of aromatic nitrogens is 3. The van der Waals surface area contributed by atoms with E-state index in [0.717, 1.165) is 11.1 Å². The van der Waals surface area contributed by atoms with Crippen molar-refractivity contribution in [2.45, 2.75) is 37.4 Å². The van der Waals surface area contributed by atoms with Gasteiger partial charge < -0.3 is 14.8 Å². The van der Waals surface area contributed by atoms with Crippen molar-refractivity contribution in [3.05, 3.63) is 125 Å². The molecule has 204 valence electrons. The number of nitrogens with zero attached hydrogens (tertiary/aromatic N) is 3. The predicted molar refractivity (Wildman–Crippen MR) is 154 cm³/mol. The van der Waals surface area contributed by atoms with Crippen molar-refractivity contribution in [2.75, 3.05) is 11.9 Å². The summed E-state index contributed by atoms with van der Waals surface area (Å²) in [6.45, 7) is 8.03. The van der Waals surface area contributed by atoms with Gasteiger partial charge in [-0.1, -0.05) is 84.6 Å². The second kappa shape index (κ2) is 12.2. The molecule has 7 nitrogen and oxygen atoms in total. The van der Waals surface area contributed by atoms with E-state index in [4.69, 9.17) is 14.6 Å². The van der Waals surface area contributed by atoms with Crippen molar-refractivity contribution in [3.8, 4) is 5.75 Å². The summed E-state index contributed by atoms with van der Waals surface area (Å²) in [4.78, 5) is 17.8. The third kappa shape index (κ3) is 6.10. The molecule has 0 bridgehead atoms. The Bertz CT molecular complexity index is 1570. The minimum absolute atomic E-state index is 0.0853. The molecule has 0 saturated carbocycles. The van der Waals surface area contributed by atoms with Crippen LogP contribution >= 0.6 is 11.8 Å². The van der Waals surface area contributed by atoms with Gasteiger partial charge in [-0.2, -0.15) is 4.98 Å². The van der Waals surface area contributed by atoms with Gasteiger partial charge in [0.1, 0.15) is 30.8 Å². The number of aryl methyl sites for hydroxylation is 1. The highest BCUT2D eigenvalue weighted by Crippen LogP contribution is 2.37. The molecule has 2 heterocycles. The maximum absolute atomic E-state index is 14.2. The van der Waals surface area contributed by atoms with Crippen molar-refractivity contribution < 1.29 is 18.7 Å². The lowest BCUT2D eigenvalue weighted by atomic mass is 9.96. The number of nitrogens with one attached hydrogen (secondary N) is 1. The molecule has 40 heavy (non-hydrogen) atoms. The van der Waals surface area contributed by atoms with Crippen molar-refractivity contribution in [1.82, 2.24) is 14.8 Å². The molecular formula is C31H29FN4O3S. The summed E-state index contributed by atoms with van der Waals surface area (Å²) in [6.07, 6.45) is 1.53. The van der Waals surface area contributed by atoms with E-state index < -0.39 is 12.0 Å². The number of esters is 1. The lowest BCUT2D eigenvalue weighted by Gasteiger charge is -2.28. The molecule has 0 aliphatic carbocycles. The summed E-state index contributed by atoms with van der Waals surface area (Å²) < 4.78 is 27.2. The SMILES string of the molecule is C=CCOC(=O)C1=C(C)Nc2nc(SCc3ccccc3F)nn2C1c1ccc(OCc2cccc(C)c2)cc1. The molecular weight excluding hydrogens is 527 g/mol. The van der Waals surface area contributed by atoms with Gasteiger partial charge >= 0.3 is 5.97 Å². The largest absolute Gasteiger partial charge is 0.489 e. The van der Waals surface area contributed by atoms with Gasteiger partial charge in [-0.15, -0.1) is 5.10 Å². The number of anilines is 1. The average molecular weight is 557 g/mol. The van der Waals surface area contributed by atoms with Crippen molar-refractivity contribution in [2.24, 2.45) is 0 Å². The van der Waals surface area contributed by atoms with Gasteiger partial charge in [-0.25, -0.2) is 13.9 Å². The topological polar surface area (TPSA) is 78.3 Å². The van der Waals surface area contributed by atoms with Crippen LogP contribution in [0, 0.1) is 12.7 Å². The van der Waals surface area contributed by atoms with Crippen molar-refractivity contribution in [3.63, 3.8) is 0 Å². The number of ether oxygens (including phenoxy) is 2. The molecule has 1 aliphatic rings. The number of benzene rings is 3. The number of rotatable bonds is 10. The maximum Gasteiger partial charge on any atom is 0.338 e. The van der Waals surface area contributed by atoms with E-state index >= 15 is 0 Å². The molecule has 0 spiro atoms. The minimum atomic E-state index is -0.588. The van der Waals surface area contributed by atoms with E-state index in [-0.39, 0.29) is 12.4 Å². The molecule has 1 N–H and O–H groups in total. The van der Waals surface area contributed by atoms with Crippen LogP contribution in [0.4, 0.5) is 10.3 Å². The van der Waals surface area contributed by atoms with Crippen LogP contribution in [-0.4, -0.2) is 27.3 Å². The molecule has 0 saturated heterocycles. The van der Waals surface area contributed by atoms with Gasteiger partial charge in [0.15, 0.2) is 0 Å². The Labute approximate surface area is 236 Å². The fraction of sp³-hybridized carbons (Fsp3) is 0.194. The van der Waals surface area contributed by atoms with Gasteiger partial charge in [0, 0.05) is 11.4 Å². The summed E-state index contributed by atoms with van der Waals surface area (Å²) in [7, 11) is 0. The molecule has 4 aromatic rings. The molecule has 1 atom stereocenters. The highest BCUT2D eigenvalue weighted by molar-refractivity contribution is 7.98. The summed E-state index contributed by atoms with van der Waals surface area (Å²) in [6, 6.07) is 21.8. The Balaban J connectivity index is 1.42. The third-order valence-electron chi connectivity index (χ3n) is 6.38. The maximum atomic E-state index is 14.2. The molecule has 1 unspecified atom stereocenters. The van der Waals surface area contributed by atoms with Crippen LogP contribution in [-0.2, 0) is 21.9 Å². The van der Waals surface area contributed by atoms with Crippen LogP contribution in [0.1, 0.15) is 35.2 Å². The number of allylic oxidation sites excluding steroid dienone is 1. The zero-order valence-electron chi connectivity index (χ0n) is 22.3. The Morgan fingerprint density at radius 3 is 2.67 bits per heavy atom. The number of thioether (sulfide) groups is 1. The summed E-state index contributed by atoms with van der Waals surface area (Å²) in [5.74, 6) is 0.809. The van der Waals surface area contributed by atoms with Crippen LogP contribution in [0.2, 0.25) is 0 Å². The van der Waals surface area contributed by atoms with E-state index in [1.807, 2.05) is 49.4 Å². The monoisotopic (exact) mass is 556 g/mol. The number of carbonyl (C=O) groups is 1. The van der Waals surface area contributed by atoms with E-state index in [9.17, 15) is 9.18 Å². The fourth-order valence-corrected chi connectivity index (χ4v) is 5.27. The van der Waals surface area contributed by atoms with E-state index in [2.05, 4.69) is 22.9 Å². The first-order valence-electron chi connectivity index (χ1n) is 12.8. The van der Waals surface area contributed by atoms with Crippen LogP contribution in [0.15, 0.2) is 102 Å². The van der Waals surface area contributed by atoms with Crippen LogP contribution in [0.25, 0.3) is 0 Å². The summed E-state index contributed by atoms with van der Waals surface area (Å²) in [5, 5.41) is 8.34. The Kier molecular flexibility index (Phi) is 8.31. The number of hydrogen-bond acceptors (Lipinski definition) is 7. The van der Waals surface area contributed by atoms with Gasteiger partial charge in [0.2, 0.25) is 11.1 Å². The molecule has 0 amide bonds. The van der Waals surface area contributed by atoms with Gasteiger partial charge in [0.25, 0.3) is 0 Å². The number of hydrogen-bond donors (Lipinski definition) is 1. The van der Waals surface area contributed by atoms with Crippen LogP contribution in [0.3, 0.4) is 0 Å². The van der Waals surface area contributed by atoms with E-state index in [1.54, 1.807) is 29.8 Å². The highest BCUT2D eigenvalue weighted by Gasteiger charge is 2.35. The standard InChI is InChI=1S/C31H29FN4O3S/c1-4-16-38-29(37)27-21(3)33-30-34-31(40-19-24-10-5-6-11-26(24)32)35-36(30)28(27)23-12-14-25(15-13-23)39-18-22-9-7-8-20(2)17-22/h4-15,17,28H,1,16,18-19H2,2-3H3,(H,33,34,35). The highest BCUT2D eigenvalue weighted by atomic mass is 32.2. The van der Waals surface area contributed by atoms with Crippen molar-refractivity contribution in [1.29, 1.82) is 0 Å². The Morgan fingerprint density at radius 1 is 1.12 bits per heavy atom. The van der Waals surface area contributed by atoms with Crippen molar-refractivity contribution >= 4 is 23.7 Å². The van der Waals surface area contributed by atoms with Gasteiger partial charge in [-0.3, -0.25) is 0 Å². The average Bonchev–Trinajstić information content (AvgIpc) is 3.36. The molecule has 1 aromatic heterocycles. The number of carbonyl (C=O) groups excluding carboxylic acids is 1. The van der Waals surface area contributed by atoms with Crippen LogP contribution < -0.4 is 10.1 Å². The predicted octanol–water partition coefficient (Wildman–Crippen LogP) is 6.62. The summed E-state index contributed by atoms with van der Waals surface area (Å²) >= 11 is 1.32. The smallest absolute Gasteiger partial charge is 0.338 e. The second-order valence-corrected chi connectivity index (χ2v) is 10.3. The van der Waals surface area contributed by atoms with Gasteiger partial charge in [0.05, 0.1) is 5.57 Å². The Morgan fingerprint density at radius 2 is 1.93 bits per heavy atom. The first kappa shape index (κ1) is 27.2. The first-order valence-corrected chi connectivity index (χ1v) is 13.8. The van der Waals surface area contributed by atoms with Crippen LogP contribution in [0.5, 0.6) is 5.75 Å². The fourth-order valence-electron chi connectivity index (χ4n) is 4.45. The van der Waals surface area contributed by atoms with E-state index in [0.29, 0.717) is 46.0 Å². The minimum Gasteiger partial charge on any atom is -0.489 e. The molecule has 0 fully saturated rings. The zero-order valence-corrected chi connectivity index (χ0v) is 23.1. The quantitative estimate of drug-likeness (QED) is 0.134. The van der Waals surface area contributed by atoms with Gasteiger partial charge in [-0.05, 0) is 48.7 Å². The third-order valence-corrected chi connectivity index (χ3v) is 7.27. The normalized spacial score (nSPS) is 14.3. The molecule has 5 rings (SSSR count). The summed E-state index contributed by atoms with van der Waals surface area (Å²) in [5.41, 5.74) is 4.67. The molecule has 9 heteroatoms. The lowest BCUT2D eigenvalue weighted by Crippen LogP contribution is -2.29. The molecule has 3 aromatic carbocycles. The van der Waals surface area contributed by atoms with E-state index in [1.165, 1.54) is 29.5 Å². The number of fused-ring (bicyclic) bond motifs is 1. The second-order valence-electron chi connectivity index (χ2n) is 9.34. The number of halogens is 1. The molecule has 0 radical (unpaired) electrons. The first-order chi connectivity index (χ1) is 19.4. The Hall–Kier alpha value is -4.37. The zero-order chi connectivity index (χ0) is 28.1. The molecule has 1 aliphatic heterocycles. The lowest BCUT2D eigenvalue weighted by molar-refractivity contribution is -0.138.